The molecule has 0 bridgehead atoms. The molecule has 4 heterocycles. The van der Waals surface area contributed by atoms with Gasteiger partial charge < -0.3 is 9.47 Å². The van der Waals surface area contributed by atoms with Crippen molar-refractivity contribution in [3.63, 3.8) is 0 Å². The number of hydrogen-bond acceptors (Lipinski definition) is 6. The molecule has 0 saturated carbocycles. The number of rotatable bonds is 4. The fourth-order valence-electron chi connectivity index (χ4n) is 8.99. The highest BCUT2D eigenvalue weighted by Gasteiger charge is 2.60. The van der Waals surface area contributed by atoms with E-state index in [0.29, 0.717) is 0 Å². The molecule has 1 aliphatic carbocycles. The first-order valence-electron chi connectivity index (χ1n) is 18.0. The van der Waals surface area contributed by atoms with Crippen LogP contribution in [0.1, 0.15) is 43.1 Å². The Labute approximate surface area is 331 Å². The van der Waals surface area contributed by atoms with Crippen LogP contribution in [-0.4, -0.2) is 14.2 Å². The van der Waals surface area contributed by atoms with Gasteiger partial charge in [0.15, 0.2) is 0 Å². The fraction of sp³-hybridized carbons (Fsp3) is 0.0833. The summed E-state index contributed by atoms with van der Waals surface area (Å²) >= 11 is 7.70. The molecule has 0 saturated heterocycles. The van der Waals surface area contributed by atoms with Crippen LogP contribution in [0.15, 0.2) is 177 Å². The minimum atomic E-state index is -0.542. The minimum absolute atomic E-state index is 0.542. The van der Waals surface area contributed by atoms with Gasteiger partial charge in [-0.25, -0.2) is 0 Å². The molecule has 0 fully saturated rings. The summed E-state index contributed by atoms with van der Waals surface area (Å²) in [4.78, 5) is 10.5. The molecule has 260 valence electrons. The van der Waals surface area contributed by atoms with E-state index in [-0.39, 0.29) is 0 Å². The maximum absolute atomic E-state index is 5.61. The SMILES string of the molecule is COc1ccc(-c2cc3c(s2)C2(c4ccccc4Sc4ccccc42)c2cc(-c4ccc(OC)cc4)sc2C32c3ccccc3Sc3ccccc32)cc1. The van der Waals surface area contributed by atoms with Gasteiger partial charge >= 0.3 is 0 Å². The predicted octanol–water partition coefficient (Wildman–Crippen LogP) is 13.2. The zero-order valence-corrected chi connectivity index (χ0v) is 32.7. The van der Waals surface area contributed by atoms with Crippen LogP contribution in [0.4, 0.5) is 0 Å². The number of hydrogen-bond donors (Lipinski definition) is 0. The summed E-state index contributed by atoms with van der Waals surface area (Å²) in [6.45, 7) is 0. The monoisotopic (exact) mass is 768 g/mol. The summed E-state index contributed by atoms with van der Waals surface area (Å²) in [7, 11) is 3.47. The molecule has 2 spiro atoms. The Morgan fingerprint density at radius 2 is 0.685 bits per heavy atom. The van der Waals surface area contributed by atoms with E-state index in [1.54, 1.807) is 14.2 Å². The van der Waals surface area contributed by atoms with Crippen molar-refractivity contribution in [2.45, 2.75) is 30.4 Å². The smallest absolute Gasteiger partial charge is 0.118 e. The molecule has 3 aliphatic rings. The lowest BCUT2D eigenvalue weighted by atomic mass is 9.55. The highest BCUT2D eigenvalue weighted by Crippen LogP contribution is 2.70. The molecule has 2 aliphatic heterocycles. The Kier molecular flexibility index (Phi) is 7.37. The lowest BCUT2D eigenvalue weighted by molar-refractivity contribution is 0.415. The summed E-state index contributed by atoms with van der Waals surface area (Å²) < 4.78 is 11.2. The van der Waals surface area contributed by atoms with Gasteiger partial charge in [0.05, 0.1) is 25.0 Å². The summed E-state index contributed by atoms with van der Waals surface area (Å²) in [5.41, 5.74) is 9.43. The third kappa shape index (κ3) is 4.37. The van der Waals surface area contributed by atoms with Gasteiger partial charge in [-0.15, -0.1) is 22.7 Å². The normalized spacial score (nSPS) is 15.0. The number of ether oxygens (including phenoxy) is 2. The van der Waals surface area contributed by atoms with Crippen LogP contribution in [0.25, 0.3) is 20.9 Å². The number of methoxy groups -OCH3 is 2. The molecule has 2 nitrogen and oxygen atoms in total. The first-order chi connectivity index (χ1) is 26.6. The van der Waals surface area contributed by atoms with Crippen LogP contribution in [0.3, 0.4) is 0 Å². The van der Waals surface area contributed by atoms with Crippen LogP contribution in [-0.2, 0) is 10.8 Å². The van der Waals surface area contributed by atoms with E-state index in [4.69, 9.17) is 9.47 Å². The van der Waals surface area contributed by atoms with Gasteiger partial charge in [0, 0.05) is 39.1 Å². The van der Waals surface area contributed by atoms with Crippen molar-refractivity contribution in [1.82, 2.24) is 0 Å². The van der Waals surface area contributed by atoms with Crippen molar-refractivity contribution in [1.29, 1.82) is 0 Å². The zero-order chi connectivity index (χ0) is 36.0. The van der Waals surface area contributed by atoms with Crippen molar-refractivity contribution in [2.75, 3.05) is 14.2 Å². The number of thiophene rings is 2. The van der Waals surface area contributed by atoms with Crippen LogP contribution in [0.2, 0.25) is 0 Å². The molecule has 0 atom stereocenters. The molecule has 2 aromatic heterocycles. The minimum Gasteiger partial charge on any atom is -0.497 e. The van der Waals surface area contributed by atoms with Gasteiger partial charge in [-0.3, -0.25) is 0 Å². The average Bonchev–Trinajstić information content (AvgIpc) is 3.90. The maximum Gasteiger partial charge on any atom is 0.118 e. The summed E-state index contributed by atoms with van der Waals surface area (Å²) in [6, 6.07) is 58.8. The Balaban J connectivity index is 1.34. The molecule has 0 N–H and O–H groups in total. The lowest BCUT2D eigenvalue weighted by Gasteiger charge is -2.51. The van der Waals surface area contributed by atoms with E-state index < -0.39 is 10.8 Å². The first kappa shape index (κ1) is 32.5. The van der Waals surface area contributed by atoms with E-state index >= 15 is 0 Å². The Bertz CT molecular complexity index is 2430. The van der Waals surface area contributed by atoms with Crippen LogP contribution >= 0.6 is 46.2 Å². The third-order valence-corrected chi connectivity index (χ3v) is 16.2. The zero-order valence-electron chi connectivity index (χ0n) is 29.5. The van der Waals surface area contributed by atoms with Crippen LogP contribution < -0.4 is 9.47 Å². The van der Waals surface area contributed by atoms with Crippen LogP contribution in [0, 0.1) is 0 Å². The van der Waals surface area contributed by atoms with Crippen molar-refractivity contribution in [2.24, 2.45) is 0 Å². The third-order valence-electron chi connectivity index (χ3n) is 11.3. The second-order valence-electron chi connectivity index (χ2n) is 13.9. The van der Waals surface area contributed by atoms with E-state index in [2.05, 4.69) is 158 Å². The van der Waals surface area contributed by atoms with Gasteiger partial charge in [0.2, 0.25) is 0 Å². The maximum atomic E-state index is 5.61. The molecule has 0 unspecified atom stereocenters. The summed E-state index contributed by atoms with van der Waals surface area (Å²) in [6.07, 6.45) is 0. The van der Waals surface area contributed by atoms with Crippen molar-refractivity contribution >= 4 is 46.2 Å². The van der Waals surface area contributed by atoms with E-state index in [9.17, 15) is 0 Å². The fourth-order valence-corrected chi connectivity index (χ4v) is 14.3. The van der Waals surface area contributed by atoms with Gasteiger partial charge in [-0.2, -0.15) is 0 Å². The summed E-state index contributed by atoms with van der Waals surface area (Å²) in [5.74, 6) is 1.72. The van der Waals surface area contributed by atoms with Crippen molar-refractivity contribution < 1.29 is 9.47 Å². The van der Waals surface area contributed by atoms with E-state index in [0.717, 1.165) is 11.5 Å². The molecule has 11 rings (SSSR count). The highest BCUT2D eigenvalue weighted by atomic mass is 32.2. The van der Waals surface area contributed by atoms with Gasteiger partial charge in [0.1, 0.15) is 11.5 Å². The van der Waals surface area contributed by atoms with Gasteiger partial charge in [0.25, 0.3) is 0 Å². The molecule has 6 heteroatoms. The van der Waals surface area contributed by atoms with Gasteiger partial charge in [-0.1, -0.05) is 96.3 Å². The molecular weight excluding hydrogens is 737 g/mol. The molecule has 6 aromatic carbocycles. The van der Waals surface area contributed by atoms with Gasteiger partial charge in [-0.05, 0) is 129 Å². The Morgan fingerprint density at radius 3 is 1.00 bits per heavy atom. The van der Waals surface area contributed by atoms with Crippen molar-refractivity contribution in [3.05, 3.63) is 201 Å². The molecule has 0 radical (unpaired) electrons. The van der Waals surface area contributed by atoms with Crippen molar-refractivity contribution in [3.8, 4) is 32.4 Å². The Hall–Kier alpha value is -4.98. The molecule has 54 heavy (non-hydrogen) atoms. The number of fused-ring (bicyclic) bond motifs is 14. The largest absolute Gasteiger partial charge is 0.497 e. The highest BCUT2D eigenvalue weighted by molar-refractivity contribution is 7.99. The second-order valence-corrected chi connectivity index (χ2v) is 18.1. The lowest BCUT2D eigenvalue weighted by Crippen LogP contribution is -2.45. The predicted molar refractivity (Wildman–Crippen MR) is 225 cm³/mol. The second kappa shape index (κ2) is 12.3. The van der Waals surface area contributed by atoms with Crippen LogP contribution in [0.5, 0.6) is 11.5 Å². The molecule has 0 amide bonds. The topological polar surface area (TPSA) is 18.5 Å². The molecular formula is C48H32O2S4. The average molecular weight is 769 g/mol. The number of benzene rings is 6. The standard InChI is InChI=1S/C48H32O2S4/c1-49-31-23-19-29(20-24-31)43-27-37-45(53-43)48(35-13-5-9-17-41(35)52-42-18-10-6-14-36(42)48)38-28-44(30-21-25-32(50-2)26-22-30)54-46(38)47(37)33-11-3-7-15-39(33)51-40-16-8-4-12-34(40)47/h3-28H,1-2H3. The molecule has 8 aromatic rings. The van der Waals surface area contributed by atoms with E-state index in [1.807, 2.05) is 46.2 Å². The first-order valence-corrected chi connectivity index (χ1v) is 21.2. The Morgan fingerprint density at radius 1 is 0.370 bits per heavy atom. The van der Waals surface area contributed by atoms with E-state index in [1.165, 1.54) is 83.6 Å². The quantitative estimate of drug-likeness (QED) is 0.177. The summed E-state index contributed by atoms with van der Waals surface area (Å²) in [5, 5.41) is 0.